The molecular formula is C18H23NO4. The molecule has 5 nitrogen and oxygen atoms in total. The first-order valence-electron chi connectivity index (χ1n) is 8.25. The summed E-state index contributed by atoms with van der Waals surface area (Å²) in [7, 11) is 1.63. The van der Waals surface area contributed by atoms with E-state index in [4.69, 9.17) is 4.74 Å². The lowest BCUT2D eigenvalue weighted by Gasteiger charge is -2.33. The highest BCUT2D eigenvalue weighted by atomic mass is 16.5. The van der Waals surface area contributed by atoms with Crippen LogP contribution in [0.2, 0.25) is 0 Å². The summed E-state index contributed by atoms with van der Waals surface area (Å²) < 4.78 is 5.07. The van der Waals surface area contributed by atoms with Crippen LogP contribution in [0.1, 0.15) is 48.0 Å². The zero-order chi connectivity index (χ0) is 16.4. The van der Waals surface area contributed by atoms with Crippen molar-refractivity contribution < 1.29 is 19.4 Å². The number of aliphatic carboxylic acids is 1. The lowest BCUT2D eigenvalue weighted by atomic mass is 9.84. The van der Waals surface area contributed by atoms with Gasteiger partial charge in [0.25, 0.3) is 5.91 Å². The molecule has 0 radical (unpaired) electrons. The van der Waals surface area contributed by atoms with Gasteiger partial charge in [0.2, 0.25) is 0 Å². The van der Waals surface area contributed by atoms with Crippen LogP contribution >= 0.6 is 0 Å². The van der Waals surface area contributed by atoms with Gasteiger partial charge in [-0.25, -0.2) is 4.79 Å². The van der Waals surface area contributed by atoms with Crippen molar-refractivity contribution in [1.82, 2.24) is 4.90 Å². The Morgan fingerprint density at radius 1 is 1.22 bits per heavy atom. The van der Waals surface area contributed by atoms with Crippen LogP contribution in [0.15, 0.2) is 24.3 Å². The lowest BCUT2D eigenvalue weighted by Crippen LogP contribution is -2.46. The van der Waals surface area contributed by atoms with Gasteiger partial charge in [-0.1, -0.05) is 25.0 Å². The van der Waals surface area contributed by atoms with Gasteiger partial charge in [0.15, 0.2) is 0 Å². The molecule has 23 heavy (non-hydrogen) atoms. The highest BCUT2D eigenvalue weighted by Crippen LogP contribution is 2.40. The number of nitrogens with zero attached hydrogens (tertiary/aromatic N) is 1. The van der Waals surface area contributed by atoms with E-state index in [-0.39, 0.29) is 11.9 Å². The minimum atomic E-state index is -0.885. The minimum absolute atomic E-state index is 0.0796. The molecule has 0 aromatic heterocycles. The van der Waals surface area contributed by atoms with Crippen molar-refractivity contribution in [1.29, 1.82) is 0 Å². The molecule has 124 valence electrons. The molecule has 1 aromatic rings. The third-order valence-corrected chi connectivity index (χ3v) is 5.12. The molecule has 1 saturated carbocycles. The van der Waals surface area contributed by atoms with E-state index in [9.17, 15) is 14.7 Å². The average Bonchev–Trinajstić information content (AvgIpc) is 2.95. The summed E-state index contributed by atoms with van der Waals surface area (Å²) in [5.41, 5.74) is 1.55. The fourth-order valence-electron chi connectivity index (χ4n) is 4.03. The summed E-state index contributed by atoms with van der Waals surface area (Å²) in [6.45, 7) is 0.501. The van der Waals surface area contributed by atoms with Gasteiger partial charge in [0, 0.05) is 18.7 Å². The van der Waals surface area contributed by atoms with Crippen LogP contribution in [-0.4, -0.2) is 41.1 Å². The second kappa shape index (κ2) is 6.71. The normalized spacial score (nSPS) is 26.8. The van der Waals surface area contributed by atoms with Crippen LogP contribution < -0.4 is 0 Å². The number of carbonyl (C=O) groups is 2. The number of carbonyl (C=O) groups excluding carboxylic acids is 1. The molecule has 3 rings (SSSR count). The standard InChI is InChI=1S/C18H23NO4/c1-23-11-12-6-8-13(9-7-12)17(20)19-15-5-3-2-4-14(15)10-16(19)18(21)22/h6-9,14-16H,2-5,10-11H2,1H3,(H,21,22)/t14-,15+,16-/m0/s1. The van der Waals surface area contributed by atoms with Crippen LogP contribution in [0.5, 0.6) is 0 Å². The highest BCUT2D eigenvalue weighted by molar-refractivity contribution is 5.97. The number of ether oxygens (including phenoxy) is 1. The molecule has 0 spiro atoms. The average molecular weight is 317 g/mol. The third-order valence-electron chi connectivity index (χ3n) is 5.12. The molecule has 1 saturated heterocycles. The van der Waals surface area contributed by atoms with Gasteiger partial charge in [-0.3, -0.25) is 4.79 Å². The van der Waals surface area contributed by atoms with E-state index in [1.807, 2.05) is 12.1 Å². The summed E-state index contributed by atoms with van der Waals surface area (Å²) in [6, 6.07) is 6.66. The number of benzene rings is 1. The SMILES string of the molecule is COCc1ccc(C(=O)N2[C@@H]3CCCC[C@H]3C[C@H]2C(=O)O)cc1. The molecule has 2 aliphatic rings. The molecule has 1 heterocycles. The van der Waals surface area contributed by atoms with Crippen LogP contribution in [0.3, 0.4) is 0 Å². The fourth-order valence-corrected chi connectivity index (χ4v) is 4.03. The number of hydrogen-bond donors (Lipinski definition) is 1. The largest absolute Gasteiger partial charge is 0.480 e. The van der Waals surface area contributed by atoms with Crippen molar-refractivity contribution in [3.8, 4) is 0 Å². The number of hydrogen-bond acceptors (Lipinski definition) is 3. The maximum atomic E-state index is 12.9. The number of amides is 1. The smallest absolute Gasteiger partial charge is 0.326 e. The fraction of sp³-hybridized carbons (Fsp3) is 0.556. The minimum Gasteiger partial charge on any atom is -0.480 e. The maximum absolute atomic E-state index is 12.9. The topological polar surface area (TPSA) is 66.8 Å². The summed E-state index contributed by atoms with van der Waals surface area (Å²) in [5, 5.41) is 9.53. The number of methoxy groups -OCH3 is 1. The molecular weight excluding hydrogens is 294 g/mol. The number of likely N-dealkylation sites (tertiary alicyclic amines) is 1. The van der Waals surface area contributed by atoms with E-state index in [1.54, 1.807) is 24.1 Å². The summed E-state index contributed by atoms with van der Waals surface area (Å²) in [5.74, 6) is -0.707. The second-order valence-corrected chi connectivity index (χ2v) is 6.54. The Morgan fingerprint density at radius 3 is 2.57 bits per heavy atom. The molecule has 0 unspecified atom stereocenters. The summed E-state index contributed by atoms with van der Waals surface area (Å²) >= 11 is 0. The van der Waals surface area contributed by atoms with Gasteiger partial charge in [-0.2, -0.15) is 0 Å². The molecule has 1 aliphatic carbocycles. The number of fused-ring (bicyclic) bond motifs is 1. The molecule has 3 atom stereocenters. The molecule has 1 aliphatic heterocycles. The molecule has 1 aromatic carbocycles. The van der Waals surface area contributed by atoms with E-state index in [0.717, 1.165) is 31.2 Å². The van der Waals surface area contributed by atoms with E-state index in [0.29, 0.717) is 24.5 Å². The Labute approximate surface area is 136 Å². The highest BCUT2D eigenvalue weighted by Gasteiger charge is 2.47. The van der Waals surface area contributed by atoms with Crippen molar-refractivity contribution in [2.45, 2.75) is 50.8 Å². The van der Waals surface area contributed by atoms with Crippen LogP contribution in [0.25, 0.3) is 0 Å². The molecule has 5 heteroatoms. The van der Waals surface area contributed by atoms with Crippen molar-refractivity contribution in [3.63, 3.8) is 0 Å². The molecule has 1 amide bonds. The first-order valence-corrected chi connectivity index (χ1v) is 8.25. The van der Waals surface area contributed by atoms with Crippen molar-refractivity contribution in [2.75, 3.05) is 7.11 Å². The summed E-state index contributed by atoms with van der Waals surface area (Å²) in [4.78, 5) is 26.2. The van der Waals surface area contributed by atoms with Crippen LogP contribution in [-0.2, 0) is 16.1 Å². The van der Waals surface area contributed by atoms with E-state index in [2.05, 4.69) is 0 Å². The second-order valence-electron chi connectivity index (χ2n) is 6.54. The van der Waals surface area contributed by atoms with E-state index < -0.39 is 12.0 Å². The van der Waals surface area contributed by atoms with Crippen LogP contribution in [0, 0.1) is 5.92 Å². The zero-order valence-corrected chi connectivity index (χ0v) is 13.4. The first-order chi connectivity index (χ1) is 11.1. The molecule has 2 fully saturated rings. The molecule has 1 N–H and O–H groups in total. The van der Waals surface area contributed by atoms with Crippen LogP contribution in [0.4, 0.5) is 0 Å². The Morgan fingerprint density at radius 2 is 1.91 bits per heavy atom. The van der Waals surface area contributed by atoms with Gasteiger partial charge < -0.3 is 14.7 Å². The molecule has 0 bridgehead atoms. The third kappa shape index (κ3) is 3.11. The van der Waals surface area contributed by atoms with Gasteiger partial charge in [0.1, 0.15) is 6.04 Å². The van der Waals surface area contributed by atoms with Gasteiger partial charge in [-0.15, -0.1) is 0 Å². The Balaban J connectivity index is 1.84. The Bertz CT molecular complexity index is 583. The predicted molar refractivity (Wildman–Crippen MR) is 85.1 cm³/mol. The Hall–Kier alpha value is -1.88. The predicted octanol–water partition coefficient (Wildman–Crippen LogP) is 2.69. The quantitative estimate of drug-likeness (QED) is 0.927. The van der Waals surface area contributed by atoms with Crippen molar-refractivity contribution in [3.05, 3.63) is 35.4 Å². The number of carboxylic acids is 1. The lowest BCUT2D eigenvalue weighted by molar-refractivity contribution is -0.141. The first kappa shape index (κ1) is 16.0. The Kier molecular flexibility index (Phi) is 4.66. The van der Waals surface area contributed by atoms with Crippen molar-refractivity contribution in [2.24, 2.45) is 5.92 Å². The monoisotopic (exact) mass is 317 g/mol. The van der Waals surface area contributed by atoms with E-state index in [1.165, 1.54) is 0 Å². The van der Waals surface area contributed by atoms with E-state index >= 15 is 0 Å². The number of rotatable bonds is 4. The van der Waals surface area contributed by atoms with Gasteiger partial charge >= 0.3 is 5.97 Å². The van der Waals surface area contributed by atoms with Gasteiger partial charge in [0.05, 0.1) is 6.61 Å². The van der Waals surface area contributed by atoms with Crippen molar-refractivity contribution >= 4 is 11.9 Å². The maximum Gasteiger partial charge on any atom is 0.326 e. The number of carboxylic acid groups (broad SMARTS) is 1. The van der Waals surface area contributed by atoms with Gasteiger partial charge in [-0.05, 0) is 42.9 Å². The zero-order valence-electron chi connectivity index (χ0n) is 13.4. The summed E-state index contributed by atoms with van der Waals surface area (Å²) in [6.07, 6.45) is 4.76.